The number of piperidine rings is 1. The van der Waals surface area contributed by atoms with Gasteiger partial charge in [-0.15, -0.1) is 0 Å². The zero-order chi connectivity index (χ0) is 33.8. The van der Waals surface area contributed by atoms with Gasteiger partial charge < -0.3 is 41.5 Å². The Bertz CT molecular complexity index is 1690. The molecule has 2 aromatic carbocycles. The van der Waals surface area contributed by atoms with Crippen LogP contribution in [-0.4, -0.2) is 105 Å². The van der Waals surface area contributed by atoms with Crippen LogP contribution >= 0.6 is 0 Å². The molecule has 0 bridgehead atoms. The topological polar surface area (TPSA) is 197 Å². The standard InChI is InChI=1S/C35H42N4O8/c1-38(2)28-23-17-20-16-22-21(18-7-6-8-19(15-18)34(46)37-11-14-39-12-4-3-5-13-39)9-10-24(40)26(22)29(41)25(20)31(43)35(23,47)32(44)27(30(28)42)33(36)45/h6-10,15,20,23,28-29,40-41,43-44,47H,3-5,11-14,16-17H2,1-2H3,(H2,36,45)(H,37,46)/t20-,23-,28-,29?,35-/m0/s1. The number of likely N-dealkylation sites (N-methyl/N-ethyl adjacent to an activating group) is 1. The number of ketones is 1. The molecule has 0 saturated carbocycles. The number of hydrogen-bond acceptors (Lipinski definition) is 10. The first-order chi connectivity index (χ1) is 22.4. The average molecular weight is 647 g/mol. The van der Waals surface area contributed by atoms with E-state index in [2.05, 4.69) is 10.2 Å². The predicted molar refractivity (Wildman–Crippen MR) is 172 cm³/mol. The van der Waals surface area contributed by atoms with Crippen LogP contribution in [0.5, 0.6) is 5.75 Å². The summed E-state index contributed by atoms with van der Waals surface area (Å²) in [6.07, 6.45) is 2.25. The summed E-state index contributed by atoms with van der Waals surface area (Å²) in [5, 5.41) is 60.2. The van der Waals surface area contributed by atoms with Gasteiger partial charge in [0.05, 0.1) is 6.04 Å². The SMILES string of the molecule is CN(C)[C@@H]1C(=O)C(C(N)=O)=C(O)[C@@]2(O)C(O)=C3C(O)c4c(O)ccc(-c5cccc(C(=O)NCCN6CCCCC6)c5)c4C[C@H]3C[C@@H]12. The van der Waals surface area contributed by atoms with Crippen LogP contribution in [-0.2, 0) is 16.0 Å². The smallest absolute Gasteiger partial charge is 0.255 e. The van der Waals surface area contributed by atoms with Gasteiger partial charge in [-0.05, 0) is 93.7 Å². The van der Waals surface area contributed by atoms with Gasteiger partial charge >= 0.3 is 0 Å². The number of nitrogens with two attached hydrogens (primary N) is 1. The molecule has 1 fully saturated rings. The van der Waals surface area contributed by atoms with E-state index in [-0.39, 0.29) is 35.6 Å². The van der Waals surface area contributed by atoms with E-state index in [9.17, 15) is 39.9 Å². The molecule has 12 nitrogen and oxygen atoms in total. The quantitative estimate of drug-likeness (QED) is 0.218. The Morgan fingerprint density at radius 3 is 2.47 bits per heavy atom. The molecule has 0 spiro atoms. The molecule has 4 aliphatic rings. The molecule has 1 saturated heterocycles. The predicted octanol–water partition coefficient (Wildman–Crippen LogP) is 1.85. The van der Waals surface area contributed by atoms with Gasteiger partial charge in [-0.1, -0.05) is 24.6 Å². The van der Waals surface area contributed by atoms with Gasteiger partial charge in [0.25, 0.3) is 11.8 Å². The highest BCUT2D eigenvalue weighted by Gasteiger charge is 2.62. The fourth-order valence-corrected chi connectivity index (χ4v) is 8.14. The van der Waals surface area contributed by atoms with Crippen LogP contribution < -0.4 is 11.1 Å². The number of phenolic OH excluding ortho intramolecular Hbond substituents is 1. The zero-order valence-electron chi connectivity index (χ0n) is 26.6. The largest absolute Gasteiger partial charge is 0.509 e. The number of hydrogen-bond donors (Lipinski definition) is 7. The third-order valence-corrected chi connectivity index (χ3v) is 10.4. The Morgan fingerprint density at radius 2 is 1.79 bits per heavy atom. The Kier molecular flexibility index (Phi) is 8.64. The Balaban J connectivity index is 1.36. The number of fused-ring (bicyclic) bond motifs is 3. The minimum Gasteiger partial charge on any atom is -0.509 e. The maximum absolute atomic E-state index is 13.4. The molecule has 2 aromatic rings. The average Bonchev–Trinajstić information content (AvgIpc) is 3.03. The van der Waals surface area contributed by atoms with Gasteiger partial charge in [0.1, 0.15) is 28.9 Å². The first-order valence-electron chi connectivity index (χ1n) is 16.1. The summed E-state index contributed by atoms with van der Waals surface area (Å²) in [6, 6.07) is 9.11. The zero-order valence-corrected chi connectivity index (χ0v) is 26.6. The van der Waals surface area contributed by atoms with Crippen molar-refractivity contribution < 1.29 is 39.9 Å². The van der Waals surface area contributed by atoms with Crippen LogP contribution in [0.1, 0.15) is 53.3 Å². The molecule has 3 aliphatic carbocycles. The first-order valence-corrected chi connectivity index (χ1v) is 16.1. The van der Waals surface area contributed by atoms with Crippen molar-refractivity contribution in [2.75, 3.05) is 40.3 Å². The molecule has 12 heteroatoms. The Hall–Kier alpha value is -4.23. The summed E-state index contributed by atoms with van der Waals surface area (Å²) in [6.45, 7) is 3.39. The molecule has 0 radical (unpaired) electrons. The van der Waals surface area contributed by atoms with Crippen molar-refractivity contribution in [3.63, 3.8) is 0 Å². The summed E-state index contributed by atoms with van der Waals surface area (Å²) in [7, 11) is 3.16. The van der Waals surface area contributed by atoms with E-state index >= 15 is 0 Å². The van der Waals surface area contributed by atoms with Gasteiger partial charge in [0.2, 0.25) is 0 Å². The second-order valence-electron chi connectivity index (χ2n) is 13.3. The molecule has 8 N–H and O–H groups in total. The van der Waals surface area contributed by atoms with Crippen molar-refractivity contribution in [2.45, 2.75) is 49.9 Å². The lowest BCUT2D eigenvalue weighted by atomic mass is 9.58. The highest BCUT2D eigenvalue weighted by Crippen LogP contribution is 2.56. The van der Waals surface area contributed by atoms with Gasteiger partial charge in [0.15, 0.2) is 11.4 Å². The maximum Gasteiger partial charge on any atom is 0.255 e. The van der Waals surface area contributed by atoms with E-state index in [1.54, 1.807) is 38.4 Å². The summed E-state index contributed by atoms with van der Waals surface area (Å²) in [5.74, 6) is -6.00. The molecule has 47 heavy (non-hydrogen) atoms. The fraction of sp³-hybridized carbons (Fsp3) is 0.457. The molecule has 6 rings (SSSR count). The normalized spacial score (nSPS) is 27.7. The van der Waals surface area contributed by atoms with Crippen molar-refractivity contribution in [2.24, 2.45) is 17.6 Å². The van der Waals surface area contributed by atoms with E-state index in [1.807, 2.05) is 6.07 Å². The first kappa shape index (κ1) is 32.7. The molecule has 1 heterocycles. The van der Waals surface area contributed by atoms with E-state index in [4.69, 9.17) is 5.73 Å². The van der Waals surface area contributed by atoms with Gasteiger partial charge in [-0.2, -0.15) is 0 Å². The number of aliphatic hydroxyl groups is 4. The van der Waals surface area contributed by atoms with E-state index in [0.717, 1.165) is 19.6 Å². The molecule has 0 aromatic heterocycles. The van der Waals surface area contributed by atoms with E-state index in [0.29, 0.717) is 28.8 Å². The summed E-state index contributed by atoms with van der Waals surface area (Å²) < 4.78 is 0. The molecule has 5 atom stereocenters. The lowest BCUT2D eigenvalue weighted by Gasteiger charge is -2.51. The van der Waals surface area contributed by atoms with Crippen molar-refractivity contribution in [1.82, 2.24) is 15.1 Å². The number of nitrogens with zero attached hydrogens (tertiary/aromatic N) is 2. The number of phenols is 1. The van der Waals surface area contributed by atoms with Crippen LogP contribution in [0.4, 0.5) is 0 Å². The van der Waals surface area contributed by atoms with Gasteiger partial charge in [-0.25, -0.2) is 0 Å². The summed E-state index contributed by atoms with van der Waals surface area (Å²) >= 11 is 0. The van der Waals surface area contributed by atoms with Crippen molar-refractivity contribution in [3.05, 3.63) is 75.8 Å². The monoisotopic (exact) mass is 646 g/mol. The van der Waals surface area contributed by atoms with E-state index in [1.165, 1.54) is 30.2 Å². The van der Waals surface area contributed by atoms with E-state index < -0.39 is 58.4 Å². The molecular formula is C35H42N4O8. The second-order valence-corrected chi connectivity index (χ2v) is 13.3. The molecule has 1 aliphatic heterocycles. The number of aromatic hydroxyl groups is 1. The number of carbonyl (C=O) groups is 3. The number of nitrogens with one attached hydrogen (secondary N) is 1. The minimum atomic E-state index is -2.57. The summed E-state index contributed by atoms with van der Waals surface area (Å²) in [5.41, 5.74) is 4.55. The maximum atomic E-state index is 13.4. The number of primary amides is 1. The number of aliphatic hydroxyl groups excluding tert-OH is 3. The number of rotatable bonds is 7. The summed E-state index contributed by atoms with van der Waals surface area (Å²) in [4.78, 5) is 42.6. The van der Waals surface area contributed by atoms with Crippen LogP contribution in [0.3, 0.4) is 0 Å². The number of amides is 2. The van der Waals surface area contributed by atoms with Crippen LogP contribution in [0.2, 0.25) is 0 Å². The lowest BCUT2D eigenvalue weighted by Crippen LogP contribution is -2.62. The van der Waals surface area contributed by atoms with Crippen LogP contribution in [0, 0.1) is 11.8 Å². The highest BCUT2D eigenvalue weighted by molar-refractivity contribution is 6.22. The minimum absolute atomic E-state index is 0.0206. The van der Waals surface area contributed by atoms with Crippen molar-refractivity contribution in [3.8, 4) is 16.9 Å². The third kappa shape index (κ3) is 5.38. The number of benzene rings is 2. The molecule has 250 valence electrons. The highest BCUT2D eigenvalue weighted by atomic mass is 16.4. The van der Waals surface area contributed by atoms with Gasteiger partial charge in [0, 0.05) is 35.7 Å². The fourth-order valence-electron chi connectivity index (χ4n) is 8.14. The number of likely N-dealkylation sites (tertiary alicyclic amines) is 1. The van der Waals surface area contributed by atoms with Crippen LogP contribution in [0.25, 0.3) is 11.1 Å². The Morgan fingerprint density at radius 1 is 1.06 bits per heavy atom. The van der Waals surface area contributed by atoms with Crippen molar-refractivity contribution in [1.29, 1.82) is 0 Å². The molecule has 2 amide bonds. The number of Topliss-reactive ketones (excluding diaryl/α,β-unsaturated/α-hetero) is 1. The second kappa shape index (κ2) is 12.4. The lowest BCUT2D eigenvalue weighted by molar-refractivity contribution is -0.137. The Labute approximate surface area is 272 Å². The third-order valence-electron chi connectivity index (χ3n) is 10.4. The van der Waals surface area contributed by atoms with Gasteiger partial charge in [-0.3, -0.25) is 19.3 Å². The number of carbonyl (C=O) groups excluding carboxylic acids is 3. The molecule has 1 unspecified atom stereocenters. The van der Waals surface area contributed by atoms with Crippen LogP contribution in [0.15, 0.2) is 59.1 Å². The van der Waals surface area contributed by atoms with Crippen molar-refractivity contribution >= 4 is 17.6 Å². The molecular weight excluding hydrogens is 604 g/mol.